The number of rotatable bonds is 5. The summed E-state index contributed by atoms with van der Waals surface area (Å²) in [6, 6.07) is 7.99. The number of aliphatic hydroxyl groups is 1. The zero-order valence-corrected chi connectivity index (χ0v) is 17.2. The average Bonchev–Trinajstić information content (AvgIpc) is 2.60. The van der Waals surface area contributed by atoms with Crippen LogP contribution in [0.15, 0.2) is 51.8 Å². The largest absolute Gasteiger partial charge is 0.407 e. The molecule has 0 aliphatic carbocycles. The van der Waals surface area contributed by atoms with Crippen molar-refractivity contribution in [2.45, 2.75) is 23.6 Å². The summed E-state index contributed by atoms with van der Waals surface area (Å²) in [5.41, 5.74) is -4.67. The molecule has 0 unspecified atom stereocenters. The highest BCUT2D eigenvalue weighted by Gasteiger charge is 2.38. The minimum atomic E-state index is -4.83. The molecular weight excluding hydrogens is 477 g/mol. The highest BCUT2D eigenvalue weighted by molar-refractivity contribution is 9.10. The first-order chi connectivity index (χ1) is 13.3. The van der Waals surface area contributed by atoms with E-state index in [-0.39, 0.29) is 10.6 Å². The quantitative estimate of drug-likeness (QED) is 0.615. The fraction of sp³-hybridized carbons (Fsp3) is 0.222. The van der Waals surface area contributed by atoms with E-state index in [2.05, 4.69) is 26.1 Å². The lowest BCUT2D eigenvalue weighted by Gasteiger charge is -2.22. The minimum Gasteiger partial charge on any atom is -0.379 e. The fourth-order valence-electron chi connectivity index (χ4n) is 2.36. The number of nitrogens with zero attached hydrogens (tertiary/aromatic N) is 1. The second-order valence-corrected chi connectivity index (χ2v) is 9.19. The highest BCUT2D eigenvalue weighted by Crippen LogP contribution is 2.38. The number of sulfone groups is 1. The van der Waals surface area contributed by atoms with Crippen LogP contribution in [0.1, 0.15) is 12.5 Å². The van der Waals surface area contributed by atoms with E-state index in [0.717, 1.165) is 19.1 Å². The molecule has 0 spiro atoms. The Morgan fingerprint density at radius 2 is 1.79 bits per heavy atom. The normalized spacial score (nSPS) is 14.0. The van der Waals surface area contributed by atoms with Crippen molar-refractivity contribution in [2.24, 2.45) is 0 Å². The van der Waals surface area contributed by atoms with Crippen LogP contribution in [-0.4, -0.2) is 30.8 Å². The van der Waals surface area contributed by atoms with E-state index >= 15 is 0 Å². The Labute approximate surface area is 173 Å². The van der Waals surface area contributed by atoms with Crippen LogP contribution >= 0.6 is 15.9 Å². The number of carbonyl (C=O) groups is 1. The third-order valence-electron chi connectivity index (χ3n) is 3.81. The topological polar surface area (TPSA) is 87.8 Å². The number of carbonyl (C=O) groups excluding carboxylic acids is 1. The molecule has 0 radical (unpaired) electrons. The van der Waals surface area contributed by atoms with Crippen molar-refractivity contribution in [1.82, 2.24) is 0 Å². The first-order valence-corrected chi connectivity index (χ1v) is 10.3. The van der Waals surface area contributed by atoms with Crippen LogP contribution in [0, 0.1) is 6.57 Å². The van der Waals surface area contributed by atoms with E-state index in [0.29, 0.717) is 10.5 Å². The van der Waals surface area contributed by atoms with Gasteiger partial charge in [-0.05, 0) is 43.3 Å². The molecular formula is C18H14BrF3N2O4S. The van der Waals surface area contributed by atoms with Gasteiger partial charge in [0.25, 0.3) is 5.91 Å². The molecule has 2 rings (SSSR count). The van der Waals surface area contributed by atoms with E-state index < -0.39 is 44.5 Å². The van der Waals surface area contributed by atoms with Crippen molar-refractivity contribution in [3.05, 3.63) is 63.9 Å². The molecule has 1 amide bonds. The summed E-state index contributed by atoms with van der Waals surface area (Å²) >= 11 is 3.16. The van der Waals surface area contributed by atoms with Gasteiger partial charge in [-0.1, -0.05) is 22.0 Å². The first-order valence-electron chi connectivity index (χ1n) is 7.87. The molecule has 0 bridgehead atoms. The van der Waals surface area contributed by atoms with Crippen LogP contribution in [0.5, 0.6) is 0 Å². The smallest absolute Gasteiger partial charge is 0.379 e. The van der Waals surface area contributed by atoms with Gasteiger partial charge in [-0.2, -0.15) is 13.2 Å². The second kappa shape index (κ2) is 8.14. The highest BCUT2D eigenvalue weighted by atomic mass is 79.9. The first kappa shape index (κ1) is 22.9. The SMILES string of the molecule is [C-]#[N+]c1ccc(NC(=O)[C@@](C)(O)CS(=O)(=O)c2ccc(Br)cc2)cc1C(F)(F)F. The van der Waals surface area contributed by atoms with Crippen molar-refractivity contribution in [3.63, 3.8) is 0 Å². The average molecular weight is 491 g/mol. The van der Waals surface area contributed by atoms with Gasteiger partial charge in [0.05, 0.1) is 22.8 Å². The summed E-state index contributed by atoms with van der Waals surface area (Å²) in [6.45, 7) is 7.74. The molecule has 0 heterocycles. The Morgan fingerprint density at radius 1 is 1.21 bits per heavy atom. The minimum absolute atomic E-state index is 0.130. The van der Waals surface area contributed by atoms with Gasteiger partial charge in [-0.15, -0.1) is 0 Å². The second-order valence-electron chi connectivity index (χ2n) is 6.28. The fourth-order valence-corrected chi connectivity index (χ4v) is 4.22. The van der Waals surface area contributed by atoms with Crippen molar-refractivity contribution in [1.29, 1.82) is 0 Å². The van der Waals surface area contributed by atoms with Gasteiger partial charge in [-0.25, -0.2) is 13.3 Å². The lowest BCUT2D eigenvalue weighted by Crippen LogP contribution is -2.45. The van der Waals surface area contributed by atoms with E-state index in [1.807, 2.05) is 0 Å². The molecule has 2 N–H and O–H groups in total. The number of amides is 1. The Morgan fingerprint density at radius 3 is 2.31 bits per heavy atom. The molecule has 2 aromatic carbocycles. The maximum absolute atomic E-state index is 13.0. The Kier molecular flexibility index (Phi) is 6.42. The number of anilines is 1. The van der Waals surface area contributed by atoms with Gasteiger partial charge in [0.2, 0.25) is 0 Å². The maximum Gasteiger partial charge on any atom is 0.407 e. The molecule has 0 saturated heterocycles. The number of nitrogens with one attached hydrogen (secondary N) is 1. The summed E-state index contributed by atoms with van der Waals surface area (Å²) in [7, 11) is -4.07. The predicted molar refractivity (Wildman–Crippen MR) is 103 cm³/mol. The predicted octanol–water partition coefficient (Wildman–Crippen LogP) is 4.18. The van der Waals surface area contributed by atoms with Crippen LogP contribution in [0.4, 0.5) is 24.5 Å². The molecule has 11 heteroatoms. The molecule has 6 nitrogen and oxygen atoms in total. The Balaban J connectivity index is 2.25. The molecule has 0 aromatic heterocycles. The van der Waals surface area contributed by atoms with E-state index in [1.54, 1.807) is 0 Å². The lowest BCUT2D eigenvalue weighted by atomic mass is 10.1. The standard InChI is InChI=1S/C18H14BrF3N2O4S/c1-17(26,10-29(27,28)13-6-3-11(19)4-7-13)16(25)24-12-5-8-15(23-2)14(9-12)18(20,21)22/h3-9,26H,10H2,1H3,(H,24,25)/t17-/m0/s1. The molecule has 0 aliphatic rings. The van der Waals surface area contributed by atoms with E-state index in [1.165, 1.54) is 24.3 Å². The van der Waals surface area contributed by atoms with Crippen LogP contribution in [0.2, 0.25) is 0 Å². The van der Waals surface area contributed by atoms with Crippen LogP contribution in [0.3, 0.4) is 0 Å². The number of hydrogen-bond acceptors (Lipinski definition) is 4. The number of hydrogen-bond donors (Lipinski definition) is 2. The number of alkyl halides is 3. The molecule has 29 heavy (non-hydrogen) atoms. The third kappa shape index (κ3) is 5.56. The summed E-state index contributed by atoms with van der Waals surface area (Å²) < 4.78 is 64.6. The molecule has 154 valence electrons. The van der Waals surface area contributed by atoms with Crippen LogP contribution < -0.4 is 5.32 Å². The third-order valence-corrected chi connectivity index (χ3v) is 6.27. The zero-order chi connectivity index (χ0) is 22.0. The van der Waals surface area contributed by atoms with Crippen molar-refractivity contribution < 1.29 is 31.5 Å². The van der Waals surface area contributed by atoms with E-state index in [4.69, 9.17) is 6.57 Å². The van der Waals surface area contributed by atoms with Crippen LogP contribution in [0.25, 0.3) is 4.85 Å². The molecule has 0 aliphatic heterocycles. The summed E-state index contributed by atoms with van der Waals surface area (Å²) in [4.78, 5) is 15.0. The van der Waals surface area contributed by atoms with Gasteiger partial charge < -0.3 is 10.4 Å². The van der Waals surface area contributed by atoms with Gasteiger partial charge in [0.1, 0.15) is 0 Å². The van der Waals surface area contributed by atoms with Crippen LogP contribution in [-0.2, 0) is 20.8 Å². The number of benzene rings is 2. The van der Waals surface area contributed by atoms with Gasteiger partial charge in [0.15, 0.2) is 21.1 Å². The molecule has 0 saturated carbocycles. The lowest BCUT2D eigenvalue weighted by molar-refractivity contribution is -0.137. The summed E-state index contributed by atoms with van der Waals surface area (Å²) in [6.07, 6.45) is -4.83. The Bertz CT molecular complexity index is 1080. The molecule has 2 aromatic rings. The van der Waals surface area contributed by atoms with Gasteiger partial charge in [0, 0.05) is 10.2 Å². The molecule has 1 atom stereocenters. The summed E-state index contributed by atoms with van der Waals surface area (Å²) in [5.74, 6) is -2.19. The maximum atomic E-state index is 13.0. The van der Waals surface area contributed by atoms with Gasteiger partial charge >= 0.3 is 6.18 Å². The Hall–Kier alpha value is -2.42. The number of halogens is 4. The van der Waals surface area contributed by atoms with Gasteiger partial charge in [-0.3, -0.25) is 4.79 Å². The van der Waals surface area contributed by atoms with Crippen molar-refractivity contribution >= 4 is 43.0 Å². The summed E-state index contributed by atoms with van der Waals surface area (Å²) in [5, 5.41) is 12.4. The van der Waals surface area contributed by atoms with E-state index in [9.17, 15) is 31.5 Å². The monoisotopic (exact) mass is 490 g/mol. The van der Waals surface area contributed by atoms with Crippen molar-refractivity contribution in [3.8, 4) is 0 Å². The molecule has 0 fully saturated rings. The zero-order valence-electron chi connectivity index (χ0n) is 14.8. The van der Waals surface area contributed by atoms with Crippen molar-refractivity contribution in [2.75, 3.05) is 11.1 Å².